The number of hydrogen-bond donors (Lipinski definition) is 0. The summed E-state index contributed by atoms with van der Waals surface area (Å²) in [6.07, 6.45) is 5.35. The summed E-state index contributed by atoms with van der Waals surface area (Å²) in [6.45, 7) is 4.32. The molecule has 0 atom stereocenters. The summed E-state index contributed by atoms with van der Waals surface area (Å²) in [5.41, 5.74) is 0.863. The fourth-order valence-corrected chi connectivity index (χ4v) is 2.42. The molecular formula is C15H22OS. The van der Waals surface area contributed by atoms with Gasteiger partial charge in [0.1, 0.15) is 0 Å². The molecule has 1 aromatic carbocycles. The number of thioether (sulfide) groups is 1. The average molecular weight is 250 g/mol. The highest BCUT2D eigenvalue weighted by Gasteiger charge is 2.05. The summed E-state index contributed by atoms with van der Waals surface area (Å²) >= 11 is 1.81. The average Bonchev–Trinajstić information content (AvgIpc) is 2.36. The van der Waals surface area contributed by atoms with Crippen LogP contribution in [0.25, 0.3) is 0 Å². The van der Waals surface area contributed by atoms with Gasteiger partial charge in [-0.05, 0) is 24.3 Å². The quantitative estimate of drug-likeness (QED) is 0.369. The molecule has 0 radical (unpaired) electrons. The number of rotatable bonds is 8. The first-order valence-corrected chi connectivity index (χ1v) is 7.52. The van der Waals surface area contributed by atoms with E-state index in [1.165, 1.54) is 24.2 Å². The summed E-state index contributed by atoms with van der Waals surface area (Å²) in [6, 6.07) is 8.02. The predicted molar refractivity (Wildman–Crippen MR) is 75.9 cm³/mol. The fraction of sp³-hybridized carbons (Fsp3) is 0.533. The molecule has 1 nitrogen and oxygen atoms in total. The van der Waals surface area contributed by atoms with E-state index in [0.29, 0.717) is 6.42 Å². The molecule has 94 valence electrons. The Hall–Kier alpha value is -0.760. The van der Waals surface area contributed by atoms with Crippen LogP contribution in [-0.2, 0) is 0 Å². The van der Waals surface area contributed by atoms with Crippen LogP contribution in [0, 0.1) is 0 Å². The van der Waals surface area contributed by atoms with Crippen molar-refractivity contribution < 1.29 is 4.79 Å². The maximum absolute atomic E-state index is 11.9. The Morgan fingerprint density at radius 2 is 1.76 bits per heavy atom. The summed E-state index contributed by atoms with van der Waals surface area (Å²) in [5, 5.41) is 0. The number of Topliss-reactive ketones (excluding diaryl/α,β-unsaturated/α-hetero) is 1. The smallest absolute Gasteiger partial charge is 0.162 e. The van der Waals surface area contributed by atoms with E-state index in [0.717, 1.165) is 17.7 Å². The molecule has 1 rings (SSSR count). The lowest BCUT2D eigenvalue weighted by Crippen LogP contribution is -1.98. The summed E-state index contributed by atoms with van der Waals surface area (Å²) in [5.74, 6) is 1.36. The molecule has 0 heterocycles. The van der Waals surface area contributed by atoms with Gasteiger partial charge in [-0.25, -0.2) is 0 Å². The molecule has 0 unspecified atom stereocenters. The normalized spacial score (nSPS) is 10.5. The first-order chi connectivity index (χ1) is 8.27. The highest BCUT2D eigenvalue weighted by molar-refractivity contribution is 7.99. The zero-order valence-electron chi connectivity index (χ0n) is 10.9. The van der Waals surface area contributed by atoms with Gasteiger partial charge in [-0.3, -0.25) is 4.79 Å². The Morgan fingerprint density at radius 3 is 2.35 bits per heavy atom. The SMILES string of the molecule is CCCCCCC(=O)c1ccc(SCC)cc1. The lowest BCUT2D eigenvalue weighted by atomic mass is 10.0. The molecule has 0 fully saturated rings. The number of carbonyl (C=O) groups is 1. The molecule has 2 heteroatoms. The zero-order valence-corrected chi connectivity index (χ0v) is 11.7. The molecule has 0 aliphatic heterocycles. The molecule has 0 amide bonds. The van der Waals surface area contributed by atoms with E-state index in [-0.39, 0.29) is 5.78 Å². The number of hydrogen-bond acceptors (Lipinski definition) is 2. The van der Waals surface area contributed by atoms with Crippen LogP contribution in [-0.4, -0.2) is 11.5 Å². The maximum atomic E-state index is 11.9. The minimum absolute atomic E-state index is 0.286. The van der Waals surface area contributed by atoms with Crippen molar-refractivity contribution in [1.82, 2.24) is 0 Å². The van der Waals surface area contributed by atoms with Gasteiger partial charge in [0.2, 0.25) is 0 Å². The van der Waals surface area contributed by atoms with E-state index in [1.807, 2.05) is 36.0 Å². The van der Waals surface area contributed by atoms with Crippen LogP contribution in [0.4, 0.5) is 0 Å². The van der Waals surface area contributed by atoms with Gasteiger partial charge >= 0.3 is 0 Å². The van der Waals surface area contributed by atoms with Gasteiger partial charge in [-0.2, -0.15) is 0 Å². The van der Waals surface area contributed by atoms with Crippen molar-refractivity contribution in [3.8, 4) is 0 Å². The van der Waals surface area contributed by atoms with E-state index in [9.17, 15) is 4.79 Å². The van der Waals surface area contributed by atoms with Gasteiger partial charge in [0, 0.05) is 16.9 Å². The second kappa shape index (κ2) is 8.35. The van der Waals surface area contributed by atoms with Crippen LogP contribution < -0.4 is 0 Å². The van der Waals surface area contributed by atoms with Crippen LogP contribution in [0.3, 0.4) is 0 Å². The third kappa shape index (κ3) is 5.40. The third-order valence-electron chi connectivity index (χ3n) is 2.74. The van der Waals surface area contributed by atoms with Gasteiger partial charge in [-0.15, -0.1) is 11.8 Å². The molecule has 0 aliphatic carbocycles. The Balaban J connectivity index is 2.40. The topological polar surface area (TPSA) is 17.1 Å². The summed E-state index contributed by atoms with van der Waals surface area (Å²) < 4.78 is 0. The van der Waals surface area contributed by atoms with Crippen molar-refractivity contribution in [2.45, 2.75) is 50.8 Å². The van der Waals surface area contributed by atoms with Crippen LogP contribution in [0.15, 0.2) is 29.2 Å². The Bertz CT molecular complexity index is 329. The Labute approximate surface area is 109 Å². The number of unbranched alkanes of at least 4 members (excludes halogenated alkanes) is 3. The minimum Gasteiger partial charge on any atom is -0.294 e. The van der Waals surface area contributed by atoms with Gasteiger partial charge in [-0.1, -0.05) is 45.2 Å². The number of benzene rings is 1. The summed E-state index contributed by atoms with van der Waals surface area (Å²) in [4.78, 5) is 13.1. The molecule has 1 aromatic rings. The van der Waals surface area contributed by atoms with Crippen molar-refractivity contribution in [2.75, 3.05) is 5.75 Å². The number of ketones is 1. The fourth-order valence-electron chi connectivity index (χ4n) is 1.76. The lowest BCUT2D eigenvalue weighted by Gasteiger charge is -2.03. The molecule has 17 heavy (non-hydrogen) atoms. The van der Waals surface area contributed by atoms with Crippen molar-refractivity contribution >= 4 is 17.5 Å². The zero-order chi connectivity index (χ0) is 12.5. The predicted octanol–water partition coefficient (Wildman–Crippen LogP) is 4.95. The highest BCUT2D eigenvalue weighted by atomic mass is 32.2. The molecule has 0 saturated carbocycles. The van der Waals surface area contributed by atoms with Crippen molar-refractivity contribution in [2.24, 2.45) is 0 Å². The Morgan fingerprint density at radius 1 is 1.06 bits per heavy atom. The highest BCUT2D eigenvalue weighted by Crippen LogP contribution is 2.18. The van der Waals surface area contributed by atoms with E-state index in [1.54, 1.807) is 0 Å². The van der Waals surface area contributed by atoms with Gasteiger partial charge < -0.3 is 0 Å². The molecule has 0 aliphatic rings. The van der Waals surface area contributed by atoms with Crippen LogP contribution >= 0.6 is 11.8 Å². The van der Waals surface area contributed by atoms with E-state index in [4.69, 9.17) is 0 Å². The van der Waals surface area contributed by atoms with Gasteiger partial charge in [0.25, 0.3) is 0 Å². The van der Waals surface area contributed by atoms with Crippen LogP contribution in [0.2, 0.25) is 0 Å². The Kier molecular flexibility index (Phi) is 7.02. The number of carbonyl (C=O) groups excluding carboxylic acids is 1. The van der Waals surface area contributed by atoms with E-state index >= 15 is 0 Å². The monoisotopic (exact) mass is 250 g/mol. The second-order valence-electron chi connectivity index (χ2n) is 4.19. The standard InChI is InChI=1S/C15H22OS/c1-3-5-6-7-8-15(16)13-9-11-14(12-10-13)17-4-2/h9-12H,3-8H2,1-2H3. The first kappa shape index (κ1) is 14.3. The van der Waals surface area contributed by atoms with Crippen LogP contribution in [0.1, 0.15) is 56.3 Å². The largest absolute Gasteiger partial charge is 0.294 e. The molecule has 0 N–H and O–H groups in total. The molecule has 0 aromatic heterocycles. The second-order valence-corrected chi connectivity index (χ2v) is 5.53. The van der Waals surface area contributed by atoms with Crippen molar-refractivity contribution in [1.29, 1.82) is 0 Å². The van der Waals surface area contributed by atoms with Gasteiger partial charge in [0.05, 0.1) is 0 Å². The molecule has 0 bridgehead atoms. The maximum Gasteiger partial charge on any atom is 0.162 e. The molecule has 0 spiro atoms. The van der Waals surface area contributed by atoms with Crippen molar-refractivity contribution in [3.63, 3.8) is 0 Å². The first-order valence-electron chi connectivity index (χ1n) is 6.54. The molecule has 0 saturated heterocycles. The lowest BCUT2D eigenvalue weighted by molar-refractivity contribution is 0.0979. The van der Waals surface area contributed by atoms with Crippen LogP contribution in [0.5, 0.6) is 0 Å². The molecular weight excluding hydrogens is 228 g/mol. The summed E-state index contributed by atoms with van der Waals surface area (Å²) in [7, 11) is 0. The minimum atomic E-state index is 0.286. The van der Waals surface area contributed by atoms with Crippen molar-refractivity contribution in [3.05, 3.63) is 29.8 Å². The van der Waals surface area contributed by atoms with E-state index < -0.39 is 0 Å². The third-order valence-corrected chi connectivity index (χ3v) is 3.64. The van der Waals surface area contributed by atoms with Gasteiger partial charge in [0.15, 0.2) is 5.78 Å². The van der Waals surface area contributed by atoms with E-state index in [2.05, 4.69) is 13.8 Å².